The van der Waals surface area contributed by atoms with Gasteiger partial charge in [0.1, 0.15) is 5.52 Å². The number of fused-ring (bicyclic) bond motifs is 1. The first-order chi connectivity index (χ1) is 10.2. The number of thiophene rings is 1. The molecule has 3 aromatic rings. The molecule has 0 bridgehead atoms. The lowest BCUT2D eigenvalue weighted by Gasteiger charge is -2.06. The van der Waals surface area contributed by atoms with Crippen LogP contribution in [0.4, 0.5) is 0 Å². The van der Waals surface area contributed by atoms with Crippen LogP contribution < -0.4 is 5.32 Å². The smallest absolute Gasteiger partial charge is 0.253 e. The topological polar surface area (TPSA) is 67.8 Å². The van der Waals surface area contributed by atoms with Gasteiger partial charge >= 0.3 is 0 Å². The van der Waals surface area contributed by atoms with E-state index in [9.17, 15) is 4.79 Å². The van der Waals surface area contributed by atoms with Crippen LogP contribution in [0.3, 0.4) is 0 Å². The van der Waals surface area contributed by atoms with E-state index in [1.165, 1.54) is 5.56 Å². The molecule has 0 saturated carbocycles. The lowest BCUT2D eigenvalue weighted by molar-refractivity contribution is 0.0955. The lowest BCUT2D eigenvalue weighted by Crippen LogP contribution is -2.26. The summed E-state index contributed by atoms with van der Waals surface area (Å²) >= 11 is 5.06. The minimum absolute atomic E-state index is 0.155. The van der Waals surface area contributed by atoms with E-state index in [0.717, 1.165) is 10.2 Å². The van der Waals surface area contributed by atoms with Gasteiger partial charge in [-0.15, -0.1) is 11.3 Å². The Bertz CT molecular complexity index is 784. The molecule has 0 aromatic carbocycles. The Morgan fingerprint density at radius 2 is 2.05 bits per heavy atom. The normalized spacial score (nSPS) is 10.7. The standard InChI is InChI=1S/C14H11BrN4OS/c15-11-7-9(8-21-11)1-3-19-14(20)10-2-4-17-13-12(10)16-5-6-18-13/h2,4-8H,1,3H2,(H,19,20). The summed E-state index contributed by atoms with van der Waals surface area (Å²) in [7, 11) is 0. The molecular formula is C14H11BrN4OS. The second-order valence-corrected chi connectivity index (χ2v) is 6.64. The third-order valence-corrected chi connectivity index (χ3v) is 4.49. The molecule has 3 heterocycles. The van der Waals surface area contributed by atoms with Gasteiger partial charge in [-0.05, 0) is 45.4 Å². The van der Waals surface area contributed by atoms with Crippen molar-refractivity contribution in [1.82, 2.24) is 20.3 Å². The molecule has 0 aliphatic rings. The molecule has 21 heavy (non-hydrogen) atoms. The van der Waals surface area contributed by atoms with Gasteiger partial charge in [0.25, 0.3) is 5.91 Å². The van der Waals surface area contributed by atoms with E-state index in [0.29, 0.717) is 23.3 Å². The number of aromatic nitrogens is 3. The number of carbonyl (C=O) groups excluding carboxylic acids is 1. The zero-order valence-electron chi connectivity index (χ0n) is 10.9. The molecule has 106 valence electrons. The average molecular weight is 363 g/mol. The molecule has 7 heteroatoms. The molecule has 0 unspecified atom stereocenters. The molecule has 1 amide bonds. The fraction of sp³-hybridized carbons (Fsp3) is 0.143. The van der Waals surface area contributed by atoms with Gasteiger partial charge in [-0.1, -0.05) is 0 Å². The third kappa shape index (κ3) is 3.25. The first kappa shape index (κ1) is 14.1. The highest BCUT2D eigenvalue weighted by Crippen LogP contribution is 2.20. The van der Waals surface area contributed by atoms with E-state index < -0.39 is 0 Å². The van der Waals surface area contributed by atoms with E-state index in [1.807, 2.05) is 0 Å². The second-order valence-electron chi connectivity index (χ2n) is 4.35. The van der Waals surface area contributed by atoms with Crippen molar-refractivity contribution < 1.29 is 4.79 Å². The van der Waals surface area contributed by atoms with Crippen molar-refractivity contribution in [2.24, 2.45) is 0 Å². The van der Waals surface area contributed by atoms with Crippen LogP contribution in [0.15, 0.2) is 39.9 Å². The summed E-state index contributed by atoms with van der Waals surface area (Å²) in [5.74, 6) is -0.155. The Kier molecular flexibility index (Phi) is 4.21. The van der Waals surface area contributed by atoms with Crippen LogP contribution in [0.2, 0.25) is 0 Å². The van der Waals surface area contributed by atoms with E-state index in [2.05, 4.69) is 47.6 Å². The van der Waals surface area contributed by atoms with E-state index in [-0.39, 0.29) is 5.91 Å². The molecule has 5 nitrogen and oxygen atoms in total. The summed E-state index contributed by atoms with van der Waals surface area (Å²) in [5.41, 5.74) is 2.70. The van der Waals surface area contributed by atoms with Gasteiger partial charge < -0.3 is 5.32 Å². The van der Waals surface area contributed by atoms with Crippen LogP contribution in [-0.4, -0.2) is 27.4 Å². The molecule has 0 aliphatic carbocycles. The zero-order chi connectivity index (χ0) is 14.7. The van der Waals surface area contributed by atoms with Crippen molar-refractivity contribution in [1.29, 1.82) is 0 Å². The second kappa shape index (κ2) is 6.28. The number of nitrogens with one attached hydrogen (secondary N) is 1. The Hall–Kier alpha value is -1.86. The highest BCUT2D eigenvalue weighted by atomic mass is 79.9. The van der Waals surface area contributed by atoms with Crippen LogP contribution >= 0.6 is 27.3 Å². The van der Waals surface area contributed by atoms with Crippen molar-refractivity contribution in [3.05, 3.63) is 51.0 Å². The van der Waals surface area contributed by atoms with E-state index in [4.69, 9.17) is 0 Å². The Morgan fingerprint density at radius 3 is 2.86 bits per heavy atom. The number of carbonyl (C=O) groups is 1. The molecule has 0 spiro atoms. The number of amides is 1. The van der Waals surface area contributed by atoms with Crippen LogP contribution in [0.1, 0.15) is 15.9 Å². The summed E-state index contributed by atoms with van der Waals surface area (Å²) in [6, 6.07) is 3.72. The first-order valence-electron chi connectivity index (χ1n) is 6.31. The van der Waals surface area contributed by atoms with Gasteiger partial charge in [0, 0.05) is 25.1 Å². The van der Waals surface area contributed by atoms with Crippen molar-refractivity contribution in [3.8, 4) is 0 Å². The summed E-state index contributed by atoms with van der Waals surface area (Å²) in [5, 5.41) is 4.98. The Labute approximate surface area is 133 Å². The Morgan fingerprint density at radius 1 is 1.24 bits per heavy atom. The largest absolute Gasteiger partial charge is 0.352 e. The van der Waals surface area contributed by atoms with E-state index >= 15 is 0 Å². The predicted molar refractivity (Wildman–Crippen MR) is 85.4 cm³/mol. The lowest BCUT2D eigenvalue weighted by atomic mass is 10.2. The fourth-order valence-electron chi connectivity index (χ4n) is 1.95. The molecule has 0 aliphatic heterocycles. The van der Waals surface area contributed by atoms with Crippen LogP contribution in [0.5, 0.6) is 0 Å². The number of hydrogen-bond donors (Lipinski definition) is 1. The van der Waals surface area contributed by atoms with Gasteiger partial charge in [-0.2, -0.15) is 0 Å². The predicted octanol–water partition coefficient (Wildman–Crippen LogP) is 2.82. The zero-order valence-corrected chi connectivity index (χ0v) is 13.3. The molecule has 1 N–H and O–H groups in total. The van der Waals surface area contributed by atoms with Crippen LogP contribution in [0.25, 0.3) is 11.2 Å². The maximum absolute atomic E-state index is 12.2. The summed E-state index contributed by atoms with van der Waals surface area (Å²) in [6.07, 6.45) is 5.49. The van der Waals surface area contributed by atoms with Crippen molar-refractivity contribution in [3.63, 3.8) is 0 Å². The van der Waals surface area contributed by atoms with Gasteiger partial charge in [0.15, 0.2) is 5.65 Å². The van der Waals surface area contributed by atoms with Crippen LogP contribution in [0, 0.1) is 0 Å². The average Bonchev–Trinajstić information content (AvgIpc) is 2.92. The minimum Gasteiger partial charge on any atom is -0.352 e. The van der Waals surface area contributed by atoms with Gasteiger partial charge in [0.2, 0.25) is 0 Å². The maximum Gasteiger partial charge on any atom is 0.253 e. The number of pyridine rings is 1. The number of nitrogens with zero attached hydrogens (tertiary/aromatic N) is 3. The minimum atomic E-state index is -0.155. The molecule has 3 aromatic heterocycles. The number of rotatable bonds is 4. The third-order valence-electron chi connectivity index (χ3n) is 2.94. The highest BCUT2D eigenvalue weighted by molar-refractivity contribution is 9.11. The molecule has 0 fully saturated rings. The molecule has 0 saturated heterocycles. The SMILES string of the molecule is O=C(NCCc1csc(Br)c1)c1ccnc2nccnc12. The van der Waals surface area contributed by atoms with Gasteiger partial charge in [-0.25, -0.2) is 9.97 Å². The van der Waals surface area contributed by atoms with E-state index in [1.54, 1.807) is 36.0 Å². The van der Waals surface area contributed by atoms with Gasteiger partial charge in [0.05, 0.1) is 9.35 Å². The van der Waals surface area contributed by atoms with Crippen molar-refractivity contribution in [2.45, 2.75) is 6.42 Å². The molecular weight excluding hydrogens is 352 g/mol. The van der Waals surface area contributed by atoms with Crippen LogP contribution in [-0.2, 0) is 6.42 Å². The maximum atomic E-state index is 12.2. The quantitative estimate of drug-likeness (QED) is 0.774. The number of hydrogen-bond acceptors (Lipinski definition) is 5. The summed E-state index contributed by atoms with van der Waals surface area (Å²) < 4.78 is 1.10. The summed E-state index contributed by atoms with van der Waals surface area (Å²) in [6.45, 7) is 0.575. The first-order valence-corrected chi connectivity index (χ1v) is 7.98. The fourth-order valence-corrected chi connectivity index (χ4v) is 3.20. The van der Waals surface area contributed by atoms with Crippen molar-refractivity contribution >= 4 is 44.3 Å². The Balaban J connectivity index is 1.69. The molecule has 3 rings (SSSR count). The van der Waals surface area contributed by atoms with Gasteiger partial charge in [-0.3, -0.25) is 9.78 Å². The van der Waals surface area contributed by atoms with Crippen molar-refractivity contribution in [2.75, 3.05) is 6.54 Å². The number of halogens is 1. The molecule has 0 radical (unpaired) electrons. The molecule has 0 atom stereocenters. The monoisotopic (exact) mass is 362 g/mol. The summed E-state index contributed by atoms with van der Waals surface area (Å²) in [4.78, 5) is 24.6. The highest BCUT2D eigenvalue weighted by Gasteiger charge is 2.11.